The van der Waals surface area contributed by atoms with Gasteiger partial charge in [-0.25, -0.2) is 13.2 Å². The molecule has 0 saturated heterocycles. The van der Waals surface area contributed by atoms with Gasteiger partial charge in [0.05, 0.1) is 17.0 Å². The zero-order valence-electron chi connectivity index (χ0n) is 9.49. The monoisotopic (exact) mass is 292 g/mol. The van der Waals surface area contributed by atoms with E-state index < -0.39 is 33.5 Å². The molecular weight excluding hydrogens is 280 g/mol. The summed E-state index contributed by atoms with van der Waals surface area (Å²) < 4.78 is 23.5. The summed E-state index contributed by atoms with van der Waals surface area (Å²) in [4.78, 5) is 25.9. The molecule has 1 heterocycles. The summed E-state index contributed by atoms with van der Waals surface area (Å²) in [6, 6.07) is -1.43. The molecule has 2 N–H and O–H groups in total. The Morgan fingerprint density at radius 3 is 2.67 bits per heavy atom. The molecule has 1 amide bonds. The zero-order valence-corrected chi connectivity index (χ0v) is 11.1. The van der Waals surface area contributed by atoms with Crippen molar-refractivity contribution < 1.29 is 23.1 Å². The number of carbonyl (C=O) groups excluding carboxylic acids is 1. The van der Waals surface area contributed by atoms with Gasteiger partial charge in [-0.2, -0.15) is 0 Å². The van der Waals surface area contributed by atoms with Crippen molar-refractivity contribution in [3.05, 3.63) is 16.6 Å². The minimum absolute atomic E-state index is 0.277. The third-order valence-corrected chi connectivity index (χ3v) is 4.50. The standard InChI is InChI=1S/C9H12N2O5S2/c1-6(12)11-8(9(13)14)4-18(15,16)3-7-2-10-5-17-7/h2,5,8H,3-4H2,1H3,(H,11,12)(H,13,14)/t8-/m0/s1. The Balaban J connectivity index is 2.73. The van der Waals surface area contributed by atoms with Crippen molar-refractivity contribution in [1.29, 1.82) is 0 Å². The average Bonchev–Trinajstić information content (AvgIpc) is 2.67. The lowest BCUT2D eigenvalue weighted by Crippen LogP contribution is -2.44. The van der Waals surface area contributed by atoms with Gasteiger partial charge in [-0.1, -0.05) is 0 Å². The molecular formula is C9H12N2O5S2. The molecule has 1 rings (SSSR count). The maximum atomic E-state index is 11.8. The van der Waals surface area contributed by atoms with Crippen molar-refractivity contribution in [2.24, 2.45) is 0 Å². The second-order valence-corrected chi connectivity index (χ2v) is 6.69. The van der Waals surface area contributed by atoms with Gasteiger partial charge in [0.25, 0.3) is 0 Å². The predicted molar refractivity (Wildman–Crippen MR) is 64.8 cm³/mol. The summed E-state index contributed by atoms with van der Waals surface area (Å²) in [5, 5.41) is 10.9. The van der Waals surface area contributed by atoms with Gasteiger partial charge in [0.1, 0.15) is 6.04 Å². The molecule has 0 radical (unpaired) electrons. The number of aliphatic carboxylic acids is 1. The van der Waals surface area contributed by atoms with Gasteiger partial charge in [-0.05, 0) is 0 Å². The Kier molecular flexibility index (Phi) is 4.79. The van der Waals surface area contributed by atoms with Crippen molar-refractivity contribution in [3.8, 4) is 0 Å². The van der Waals surface area contributed by atoms with Crippen LogP contribution in [-0.2, 0) is 25.2 Å². The first-order valence-corrected chi connectivity index (χ1v) is 7.58. The lowest BCUT2D eigenvalue weighted by atomic mass is 10.3. The first-order valence-electron chi connectivity index (χ1n) is 4.88. The molecule has 1 aromatic heterocycles. The van der Waals surface area contributed by atoms with Crippen LogP contribution in [0.5, 0.6) is 0 Å². The van der Waals surface area contributed by atoms with Crippen LogP contribution in [0, 0.1) is 0 Å². The first kappa shape index (κ1) is 14.6. The van der Waals surface area contributed by atoms with Crippen molar-refractivity contribution in [1.82, 2.24) is 10.3 Å². The number of aromatic nitrogens is 1. The maximum Gasteiger partial charge on any atom is 0.327 e. The van der Waals surface area contributed by atoms with E-state index >= 15 is 0 Å². The average molecular weight is 292 g/mol. The van der Waals surface area contributed by atoms with Crippen LogP contribution in [0.1, 0.15) is 11.8 Å². The lowest BCUT2D eigenvalue weighted by molar-refractivity contribution is -0.140. The number of rotatable bonds is 6. The Morgan fingerprint density at radius 2 is 2.22 bits per heavy atom. The van der Waals surface area contributed by atoms with Gasteiger partial charge >= 0.3 is 5.97 Å². The minimum atomic E-state index is -3.62. The Morgan fingerprint density at radius 1 is 1.56 bits per heavy atom. The smallest absolute Gasteiger partial charge is 0.327 e. The molecule has 1 atom stereocenters. The number of amides is 1. The fourth-order valence-corrected chi connectivity index (χ4v) is 3.81. The fourth-order valence-electron chi connectivity index (χ4n) is 1.26. The maximum absolute atomic E-state index is 11.8. The molecule has 0 aromatic carbocycles. The van der Waals surface area contributed by atoms with Crippen LogP contribution in [-0.4, -0.2) is 42.2 Å². The summed E-state index contributed by atoms with van der Waals surface area (Å²) in [7, 11) is -3.62. The molecule has 0 aliphatic carbocycles. The van der Waals surface area contributed by atoms with Crippen molar-refractivity contribution in [2.75, 3.05) is 5.75 Å². The summed E-state index contributed by atoms with van der Waals surface area (Å²) in [5.41, 5.74) is 1.49. The highest BCUT2D eigenvalue weighted by Gasteiger charge is 2.26. The highest BCUT2D eigenvalue weighted by molar-refractivity contribution is 7.90. The van der Waals surface area contributed by atoms with Crippen LogP contribution in [0.25, 0.3) is 0 Å². The number of thiazole rings is 1. The molecule has 100 valence electrons. The minimum Gasteiger partial charge on any atom is -0.480 e. The fraction of sp³-hybridized carbons (Fsp3) is 0.444. The predicted octanol–water partition coefficient (Wildman–Crippen LogP) is -0.353. The zero-order chi connectivity index (χ0) is 13.8. The molecule has 0 fully saturated rings. The van der Waals surface area contributed by atoms with E-state index in [4.69, 9.17) is 5.11 Å². The number of nitrogens with one attached hydrogen (secondary N) is 1. The van der Waals surface area contributed by atoms with Crippen LogP contribution >= 0.6 is 11.3 Å². The number of carbonyl (C=O) groups is 2. The van der Waals surface area contributed by atoms with Gasteiger partial charge in [-0.3, -0.25) is 9.78 Å². The van der Waals surface area contributed by atoms with Gasteiger partial charge in [-0.15, -0.1) is 11.3 Å². The summed E-state index contributed by atoms with van der Waals surface area (Å²) >= 11 is 1.17. The number of sulfone groups is 1. The molecule has 0 aliphatic rings. The van der Waals surface area contributed by atoms with E-state index in [1.807, 2.05) is 0 Å². The van der Waals surface area contributed by atoms with Crippen LogP contribution in [0.3, 0.4) is 0 Å². The van der Waals surface area contributed by atoms with Gasteiger partial charge in [0.2, 0.25) is 5.91 Å². The Bertz CT molecular complexity index is 523. The van der Waals surface area contributed by atoms with Crippen molar-refractivity contribution in [3.63, 3.8) is 0 Å². The van der Waals surface area contributed by atoms with E-state index in [-0.39, 0.29) is 5.75 Å². The number of hydrogen-bond donors (Lipinski definition) is 2. The van der Waals surface area contributed by atoms with E-state index in [1.54, 1.807) is 0 Å². The van der Waals surface area contributed by atoms with E-state index in [9.17, 15) is 18.0 Å². The normalized spacial score (nSPS) is 12.9. The molecule has 0 bridgehead atoms. The molecule has 0 unspecified atom stereocenters. The molecule has 0 saturated carbocycles. The van der Waals surface area contributed by atoms with E-state index in [0.29, 0.717) is 4.88 Å². The summed E-state index contributed by atoms with van der Waals surface area (Å²) in [5.74, 6) is -2.88. The number of nitrogens with zero attached hydrogens (tertiary/aromatic N) is 1. The van der Waals surface area contributed by atoms with Crippen LogP contribution in [0.2, 0.25) is 0 Å². The topological polar surface area (TPSA) is 113 Å². The molecule has 18 heavy (non-hydrogen) atoms. The summed E-state index contributed by atoms with van der Waals surface area (Å²) in [6.45, 7) is 1.13. The third kappa shape index (κ3) is 4.80. The summed E-state index contributed by atoms with van der Waals surface area (Å²) in [6.07, 6.45) is 1.41. The van der Waals surface area contributed by atoms with Crippen LogP contribution in [0.15, 0.2) is 11.7 Å². The Labute approximate surface area is 108 Å². The van der Waals surface area contributed by atoms with Crippen LogP contribution < -0.4 is 5.32 Å². The highest BCUT2D eigenvalue weighted by atomic mass is 32.2. The van der Waals surface area contributed by atoms with Gasteiger partial charge in [0.15, 0.2) is 9.84 Å². The van der Waals surface area contributed by atoms with Gasteiger partial charge < -0.3 is 10.4 Å². The quantitative estimate of drug-likeness (QED) is 0.740. The Hall–Kier alpha value is -1.48. The second kappa shape index (κ2) is 5.91. The van der Waals surface area contributed by atoms with E-state index in [2.05, 4.69) is 10.3 Å². The molecule has 9 heteroatoms. The van der Waals surface area contributed by atoms with Crippen molar-refractivity contribution in [2.45, 2.75) is 18.7 Å². The molecule has 1 aromatic rings. The largest absolute Gasteiger partial charge is 0.480 e. The van der Waals surface area contributed by atoms with Gasteiger partial charge in [0, 0.05) is 18.0 Å². The number of carboxylic acids is 1. The third-order valence-electron chi connectivity index (χ3n) is 1.94. The number of hydrogen-bond acceptors (Lipinski definition) is 6. The van der Waals surface area contributed by atoms with Crippen LogP contribution in [0.4, 0.5) is 0 Å². The molecule has 0 aliphatic heterocycles. The van der Waals surface area contributed by atoms with Crippen molar-refractivity contribution >= 4 is 33.1 Å². The molecule has 0 spiro atoms. The van der Waals surface area contributed by atoms with E-state index in [0.717, 1.165) is 6.92 Å². The molecule has 7 nitrogen and oxygen atoms in total. The van der Waals surface area contributed by atoms with E-state index in [1.165, 1.54) is 23.0 Å². The SMILES string of the molecule is CC(=O)N[C@@H](CS(=O)(=O)Cc1cncs1)C(=O)O. The lowest BCUT2D eigenvalue weighted by Gasteiger charge is -2.12. The highest BCUT2D eigenvalue weighted by Crippen LogP contribution is 2.11. The second-order valence-electron chi connectivity index (χ2n) is 3.61. The first-order chi connectivity index (χ1) is 8.30. The number of carboxylic acid groups (broad SMARTS) is 1.